The van der Waals surface area contributed by atoms with E-state index in [-0.39, 0.29) is 19.3 Å². The summed E-state index contributed by atoms with van der Waals surface area (Å²) in [4.78, 5) is 0. The van der Waals surface area contributed by atoms with E-state index >= 15 is 0 Å². The number of rotatable bonds is 4. The lowest BCUT2D eigenvalue weighted by atomic mass is 10.3. The molecule has 0 amide bonds. The third-order valence-electron chi connectivity index (χ3n) is 1.59. The van der Waals surface area contributed by atoms with Gasteiger partial charge in [-0.05, 0) is 12.1 Å². The lowest BCUT2D eigenvalue weighted by Gasteiger charge is -2.10. The van der Waals surface area contributed by atoms with Gasteiger partial charge in [0.25, 0.3) is 0 Å². The summed E-state index contributed by atoms with van der Waals surface area (Å²) in [7, 11) is 0. The van der Waals surface area contributed by atoms with E-state index in [1.165, 1.54) is 0 Å². The minimum absolute atomic E-state index is 0.110. The fourth-order valence-electron chi connectivity index (χ4n) is 0.823. The first-order valence-corrected chi connectivity index (χ1v) is 4.83. The van der Waals surface area contributed by atoms with E-state index in [9.17, 15) is 0 Å². The fraction of sp³-hybridized carbons (Fsp3) is 0.333. The Morgan fingerprint density at radius 3 is 2.64 bits per heavy atom. The van der Waals surface area contributed by atoms with Crippen molar-refractivity contribution >= 4 is 23.2 Å². The van der Waals surface area contributed by atoms with Crippen LogP contribution in [0, 0.1) is 0 Å². The van der Waals surface area contributed by atoms with Crippen molar-refractivity contribution < 1.29 is 9.84 Å². The molecule has 0 radical (unpaired) electrons. The van der Waals surface area contributed by atoms with E-state index < -0.39 is 0 Å². The van der Waals surface area contributed by atoms with Gasteiger partial charge < -0.3 is 15.6 Å². The molecule has 3 nitrogen and oxygen atoms in total. The normalized spacial score (nSPS) is 12.6. The van der Waals surface area contributed by atoms with Crippen LogP contribution >= 0.6 is 23.2 Å². The first kappa shape index (κ1) is 11.6. The fourth-order valence-corrected chi connectivity index (χ4v) is 1.11. The van der Waals surface area contributed by atoms with E-state index in [4.69, 9.17) is 38.8 Å². The maximum atomic E-state index is 8.66. The van der Waals surface area contributed by atoms with Crippen molar-refractivity contribution in [1.82, 2.24) is 0 Å². The molecule has 1 atom stereocenters. The molecule has 5 heteroatoms. The molecule has 0 aliphatic carbocycles. The Morgan fingerprint density at radius 1 is 1.36 bits per heavy atom. The zero-order valence-corrected chi connectivity index (χ0v) is 8.92. The maximum absolute atomic E-state index is 8.66. The van der Waals surface area contributed by atoms with E-state index in [1.54, 1.807) is 18.2 Å². The molecule has 0 aliphatic rings. The number of aliphatic hydroxyl groups excluding tert-OH is 1. The predicted octanol–water partition coefficient (Wildman–Crippen LogP) is 1.69. The topological polar surface area (TPSA) is 55.5 Å². The average molecular weight is 236 g/mol. The van der Waals surface area contributed by atoms with Crippen molar-refractivity contribution in [3.05, 3.63) is 28.2 Å². The van der Waals surface area contributed by atoms with Gasteiger partial charge in [-0.1, -0.05) is 23.2 Å². The standard InChI is InChI=1S/C9H11Cl2NO2/c10-8-2-1-7(3-9(8)11)14-5-6(12)4-13/h1-3,6,13H,4-5,12H2. The first-order valence-electron chi connectivity index (χ1n) is 4.07. The van der Waals surface area contributed by atoms with Gasteiger partial charge in [-0.3, -0.25) is 0 Å². The number of ether oxygens (including phenoxy) is 1. The molecular weight excluding hydrogens is 225 g/mol. The molecule has 0 saturated heterocycles. The smallest absolute Gasteiger partial charge is 0.120 e. The number of hydrogen-bond donors (Lipinski definition) is 2. The summed E-state index contributed by atoms with van der Waals surface area (Å²) in [5.74, 6) is 0.586. The van der Waals surface area contributed by atoms with Gasteiger partial charge in [0.15, 0.2) is 0 Å². The minimum Gasteiger partial charge on any atom is -0.492 e. The highest BCUT2D eigenvalue weighted by molar-refractivity contribution is 6.42. The monoisotopic (exact) mass is 235 g/mol. The van der Waals surface area contributed by atoms with Gasteiger partial charge >= 0.3 is 0 Å². The number of halogens is 2. The van der Waals surface area contributed by atoms with E-state index in [2.05, 4.69) is 0 Å². The molecule has 1 aromatic carbocycles. The third kappa shape index (κ3) is 3.35. The quantitative estimate of drug-likeness (QED) is 0.836. The molecule has 0 fully saturated rings. The lowest BCUT2D eigenvalue weighted by molar-refractivity contribution is 0.206. The van der Waals surface area contributed by atoms with Crippen molar-refractivity contribution in [3.8, 4) is 5.75 Å². The minimum atomic E-state index is -0.385. The van der Waals surface area contributed by atoms with Crippen LogP contribution in [0.4, 0.5) is 0 Å². The molecule has 3 N–H and O–H groups in total. The van der Waals surface area contributed by atoms with Gasteiger partial charge in [-0.2, -0.15) is 0 Å². The van der Waals surface area contributed by atoms with Gasteiger partial charge in [-0.25, -0.2) is 0 Å². The Bertz CT molecular complexity index is 307. The Labute approximate surface area is 92.4 Å². The molecule has 0 saturated carbocycles. The summed E-state index contributed by atoms with van der Waals surface area (Å²) < 4.78 is 5.27. The van der Waals surface area contributed by atoms with Crippen LogP contribution in [0.3, 0.4) is 0 Å². The molecule has 1 unspecified atom stereocenters. The van der Waals surface area contributed by atoms with Crippen LogP contribution < -0.4 is 10.5 Å². The second-order valence-corrected chi connectivity index (χ2v) is 3.64. The van der Waals surface area contributed by atoms with Crippen molar-refractivity contribution in [2.45, 2.75) is 6.04 Å². The molecule has 0 heterocycles. The van der Waals surface area contributed by atoms with Crippen LogP contribution in [0.15, 0.2) is 18.2 Å². The van der Waals surface area contributed by atoms with Crippen LogP contribution in [0.25, 0.3) is 0 Å². The lowest BCUT2D eigenvalue weighted by Crippen LogP contribution is -2.31. The van der Waals surface area contributed by atoms with Crippen molar-refractivity contribution in [2.75, 3.05) is 13.2 Å². The Morgan fingerprint density at radius 2 is 2.07 bits per heavy atom. The summed E-state index contributed by atoms with van der Waals surface area (Å²) in [6.07, 6.45) is 0. The van der Waals surface area contributed by atoms with E-state index in [0.717, 1.165) is 0 Å². The second kappa shape index (κ2) is 5.41. The van der Waals surface area contributed by atoms with Crippen LogP contribution in [-0.2, 0) is 0 Å². The summed E-state index contributed by atoms with van der Waals surface area (Å²) in [5.41, 5.74) is 5.45. The Balaban J connectivity index is 2.55. The number of aliphatic hydroxyl groups is 1. The summed E-state index contributed by atoms with van der Waals surface area (Å²) >= 11 is 11.5. The number of benzene rings is 1. The number of nitrogens with two attached hydrogens (primary N) is 1. The highest BCUT2D eigenvalue weighted by Crippen LogP contribution is 2.26. The highest BCUT2D eigenvalue weighted by atomic mass is 35.5. The third-order valence-corrected chi connectivity index (χ3v) is 2.33. The van der Waals surface area contributed by atoms with Gasteiger partial charge in [0.2, 0.25) is 0 Å². The maximum Gasteiger partial charge on any atom is 0.120 e. The second-order valence-electron chi connectivity index (χ2n) is 2.83. The van der Waals surface area contributed by atoms with Crippen LogP contribution in [0.1, 0.15) is 0 Å². The van der Waals surface area contributed by atoms with Gasteiger partial charge in [0, 0.05) is 6.07 Å². The SMILES string of the molecule is NC(CO)COc1ccc(Cl)c(Cl)c1. The van der Waals surface area contributed by atoms with Gasteiger partial charge in [0.1, 0.15) is 12.4 Å². The molecule has 0 bridgehead atoms. The van der Waals surface area contributed by atoms with E-state index in [0.29, 0.717) is 15.8 Å². The molecule has 1 rings (SSSR count). The molecular formula is C9H11Cl2NO2. The summed E-state index contributed by atoms with van der Waals surface area (Å²) in [6.45, 7) is 0.135. The van der Waals surface area contributed by atoms with Crippen LogP contribution in [-0.4, -0.2) is 24.4 Å². The molecule has 14 heavy (non-hydrogen) atoms. The Hall–Kier alpha value is -0.480. The molecule has 0 spiro atoms. The molecule has 1 aromatic rings. The highest BCUT2D eigenvalue weighted by Gasteiger charge is 2.03. The summed E-state index contributed by atoms with van der Waals surface area (Å²) in [6, 6.07) is 4.56. The van der Waals surface area contributed by atoms with Gasteiger partial charge in [0.05, 0.1) is 22.7 Å². The Kier molecular flexibility index (Phi) is 4.48. The average Bonchev–Trinajstić information content (AvgIpc) is 2.19. The number of hydrogen-bond acceptors (Lipinski definition) is 3. The van der Waals surface area contributed by atoms with Gasteiger partial charge in [-0.15, -0.1) is 0 Å². The van der Waals surface area contributed by atoms with Crippen molar-refractivity contribution in [1.29, 1.82) is 0 Å². The van der Waals surface area contributed by atoms with Crippen LogP contribution in [0.5, 0.6) is 5.75 Å². The zero-order chi connectivity index (χ0) is 10.6. The summed E-state index contributed by atoms with van der Waals surface area (Å²) in [5, 5.41) is 9.57. The largest absolute Gasteiger partial charge is 0.492 e. The molecule has 78 valence electrons. The first-order chi connectivity index (χ1) is 6.63. The molecule has 0 aliphatic heterocycles. The zero-order valence-electron chi connectivity index (χ0n) is 7.41. The van der Waals surface area contributed by atoms with E-state index in [1.807, 2.05) is 0 Å². The molecule has 0 aromatic heterocycles. The predicted molar refractivity (Wildman–Crippen MR) is 57.0 cm³/mol. The van der Waals surface area contributed by atoms with Crippen LogP contribution in [0.2, 0.25) is 10.0 Å². The van der Waals surface area contributed by atoms with Crippen molar-refractivity contribution in [3.63, 3.8) is 0 Å². The van der Waals surface area contributed by atoms with Crippen molar-refractivity contribution in [2.24, 2.45) is 5.73 Å².